The molecule has 0 saturated carbocycles. The molecule has 9 nitrogen and oxygen atoms in total. The van der Waals surface area contributed by atoms with Gasteiger partial charge in [0.2, 0.25) is 0 Å². The van der Waals surface area contributed by atoms with Gasteiger partial charge in [-0.25, -0.2) is 0 Å². The van der Waals surface area contributed by atoms with Crippen molar-refractivity contribution in [2.45, 2.75) is 38.3 Å². The van der Waals surface area contributed by atoms with Crippen LogP contribution in [0.4, 0.5) is 5.69 Å². The number of rotatable bonds is 7. The number of unbranched alkanes of at least 4 members (excludes halogenated alkanes) is 1. The van der Waals surface area contributed by atoms with E-state index in [1.54, 1.807) is 12.7 Å². The van der Waals surface area contributed by atoms with E-state index < -0.39 is 0 Å². The maximum atomic E-state index is 4.37. The minimum atomic E-state index is 0. The zero-order chi connectivity index (χ0) is 18.2. The predicted molar refractivity (Wildman–Crippen MR) is 118 cm³/mol. The first-order valence-corrected chi connectivity index (χ1v) is 9.28. The quantitative estimate of drug-likeness (QED) is 0.265. The fraction of sp³-hybridized carbons (Fsp3) is 0.647. The lowest BCUT2D eigenvalue weighted by atomic mass is 10.1. The molecule has 1 saturated heterocycles. The summed E-state index contributed by atoms with van der Waals surface area (Å²) in [6, 6.07) is 0.396. The van der Waals surface area contributed by atoms with E-state index in [0.717, 1.165) is 51.4 Å². The molecule has 0 bridgehead atoms. The van der Waals surface area contributed by atoms with Crippen LogP contribution in [0.1, 0.15) is 25.7 Å². The minimum Gasteiger partial charge on any atom is -0.367 e. The zero-order valence-electron chi connectivity index (χ0n) is 16.1. The first-order chi connectivity index (χ1) is 12.7. The molecule has 150 valence electrons. The largest absolute Gasteiger partial charge is 0.367 e. The summed E-state index contributed by atoms with van der Waals surface area (Å²) in [7, 11) is 3.78. The molecule has 0 aromatic carbocycles. The maximum absolute atomic E-state index is 4.37. The van der Waals surface area contributed by atoms with Crippen LogP contribution in [0.5, 0.6) is 0 Å². The van der Waals surface area contributed by atoms with E-state index >= 15 is 0 Å². The molecule has 3 rings (SSSR count). The number of anilines is 1. The first-order valence-electron chi connectivity index (χ1n) is 9.28. The monoisotopic (exact) mass is 487 g/mol. The van der Waals surface area contributed by atoms with Gasteiger partial charge in [-0.05, 0) is 25.7 Å². The van der Waals surface area contributed by atoms with Crippen molar-refractivity contribution in [2.75, 3.05) is 31.6 Å². The number of guanidine groups is 1. The molecule has 1 aliphatic rings. The number of aliphatic imine (C=N–C) groups is 1. The van der Waals surface area contributed by atoms with Gasteiger partial charge in [0.15, 0.2) is 5.96 Å². The van der Waals surface area contributed by atoms with Crippen molar-refractivity contribution in [2.24, 2.45) is 12.0 Å². The second-order valence-electron chi connectivity index (χ2n) is 6.71. The highest BCUT2D eigenvalue weighted by atomic mass is 127. The van der Waals surface area contributed by atoms with Crippen molar-refractivity contribution in [3.8, 4) is 0 Å². The smallest absolute Gasteiger partial charge is 0.191 e. The topological polar surface area (TPSA) is 88.2 Å². The number of hydrogen-bond acceptors (Lipinski definition) is 5. The van der Waals surface area contributed by atoms with Crippen molar-refractivity contribution in [3.05, 3.63) is 25.0 Å². The van der Waals surface area contributed by atoms with Crippen LogP contribution in [0.25, 0.3) is 0 Å². The Hall–Kier alpha value is -1.85. The van der Waals surface area contributed by atoms with Crippen molar-refractivity contribution < 1.29 is 0 Å². The van der Waals surface area contributed by atoms with E-state index in [1.165, 1.54) is 12.1 Å². The summed E-state index contributed by atoms with van der Waals surface area (Å²) in [4.78, 5) is 6.76. The zero-order valence-corrected chi connectivity index (χ0v) is 18.4. The van der Waals surface area contributed by atoms with E-state index in [1.807, 2.05) is 29.5 Å². The highest BCUT2D eigenvalue weighted by Gasteiger charge is 2.21. The fourth-order valence-corrected chi connectivity index (χ4v) is 3.25. The van der Waals surface area contributed by atoms with Crippen LogP contribution in [0.15, 0.2) is 30.0 Å². The number of aryl methyl sites for hydroxylation is 2. The molecule has 2 N–H and O–H groups in total. The fourth-order valence-electron chi connectivity index (χ4n) is 3.25. The average molecular weight is 487 g/mol. The van der Waals surface area contributed by atoms with Crippen LogP contribution in [-0.4, -0.2) is 63.2 Å². The van der Waals surface area contributed by atoms with Crippen molar-refractivity contribution in [1.82, 2.24) is 35.2 Å². The third-order valence-electron chi connectivity index (χ3n) is 4.64. The number of aromatic nitrogens is 5. The standard InChI is InChI=1S/C17H29N9.HI/c1-18-17(19-7-3-4-8-25-13-20-21-14-25)23-15-6-5-9-26(11-15)16-10-22-24(2)12-16;/h10,12-15H,3-9,11H2,1-2H3,(H2,18,19,23);1H. The lowest BCUT2D eigenvalue weighted by Crippen LogP contribution is -2.51. The van der Waals surface area contributed by atoms with Crippen molar-refractivity contribution in [3.63, 3.8) is 0 Å². The normalized spacial score (nSPS) is 17.5. The molecule has 1 unspecified atom stereocenters. The number of nitrogens with one attached hydrogen (secondary N) is 2. The van der Waals surface area contributed by atoms with Gasteiger partial charge in [-0.1, -0.05) is 0 Å². The summed E-state index contributed by atoms with van der Waals surface area (Å²) >= 11 is 0. The number of nitrogens with zero attached hydrogens (tertiary/aromatic N) is 7. The van der Waals surface area contributed by atoms with Gasteiger partial charge >= 0.3 is 0 Å². The molecule has 0 amide bonds. The second-order valence-corrected chi connectivity index (χ2v) is 6.71. The Balaban J connectivity index is 0.00000261. The Morgan fingerprint density at radius 3 is 2.81 bits per heavy atom. The van der Waals surface area contributed by atoms with Gasteiger partial charge < -0.3 is 20.1 Å². The Kier molecular flexibility index (Phi) is 8.82. The Bertz CT molecular complexity index is 682. The van der Waals surface area contributed by atoms with E-state index in [9.17, 15) is 0 Å². The van der Waals surface area contributed by atoms with Gasteiger partial charge in [-0.3, -0.25) is 9.67 Å². The van der Waals surface area contributed by atoms with E-state index in [0.29, 0.717) is 6.04 Å². The molecule has 2 aromatic rings. The lowest BCUT2D eigenvalue weighted by molar-refractivity contribution is 0.467. The minimum absolute atomic E-state index is 0. The summed E-state index contributed by atoms with van der Waals surface area (Å²) in [6.07, 6.45) is 12.0. The maximum Gasteiger partial charge on any atom is 0.191 e. The second kappa shape index (κ2) is 11.1. The Morgan fingerprint density at radius 2 is 2.11 bits per heavy atom. The summed E-state index contributed by atoms with van der Waals surface area (Å²) < 4.78 is 3.86. The van der Waals surface area contributed by atoms with E-state index in [4.69, 9.17) is 0 Å². The molecular weight excluding hydrogens is 457 g/mol. The molecule has 3 heterocycles. The van der Waals surface area contributed by atoms with Crippen molar-refractivity contribution >= 4 is 35.6 Å². The van der Waals surface area contributed by atoms with Crippen LogP contribution in [0, 0.1) is 0 Å². The first kappa shape index (κ1) is 21.5. The highest BCUT2D eigenvalue weighted by molar-refractivity contribution is 14.0. The number of halogens is 1. The van der Waals surface area contributed by atoms with Crippen LogP contribution in [-0.2, 0) is 13.6 Å². The van der Waals surface area contributed by atoms with Crippen LogP contribution >= 0.6 is 24.0 Å². The van der Waals surface area contributed by atoms with Gasteiger partial charge in [0, 0.05) is 52.5 Å². The molecule has 0 spiro atoms. The molecule has 1 fully saturated rings. The Labute approximate surface area is 177 Å². The number of piperidine rings is 1. The third kappa shape index (κ3) is 6.67. The summed E-state index contributed by atoms with van der Waals surface area (Å²) in [5, 5.41) is 18.9. The van der Waals surface area contributed by atoms with Gasteiger partial charge in [-0.15, -0.1) is 34.2 Å². The molecule has 0 radical (unpaired) electrons. The van der Waals surface area contributed by atoms with Crippen LogP contribution in [0.3, 0.4) is 0 Å². The lowest BCUT2D eigenvalue weighted by Gasteiger charge is -2.34. The van der Waals surface area contributed by atoms with Gasteiger partial charge in [0.05, 0.1) is 11.9 Å². The van der Waals surface area contributed by atoms with Crippen LogP contribution < -0.4 is 15.5 Å². The van der Waals surface area contributed by atoms with E-state index in [2.05, 4.69) is 42.0 Å². The predicted octanol–water partition coefficient (Wildman–Crippen LogP) is 1.24. The van der Waals surface area contributed by atoms with Gasteiger partial charge in [0.25, 0.3) is 0 Å². The summed E-state index contributed by atoms with van der Waals surface area (Å²) in [5.41, 5.74) is 1.19. The molecule has 27 heavy (non-hydrogen) atoms. The average Bonchev–Trinajstić information content (AvgIpc) is 3.32. The van der Waals surface area contributed by atoms with E-state index in [-0.39, 0.29) is 24.0 Å². The Morgan fingerprint density at radius 1 is 1.30 bits per heavy atom. The molecule has 2 aromatic heterocycles. The molecule has 1 aliphatic heterocycles. The molecule has 1 atom stereocenters. The SMILES string of the molecule is CN=C(NCCCCn1cnnc1)NC1CCCN(c2cnn(C)c2)C1.I. The van der Waals surface area contributed by atoms with Crippen LogP contribution in [0.2, 0.25) is 0 Å². The summed E-state index contributed by atoms with van der Waals surface area (Å²) in [5.74, 6) is 0.882. The summed E-state index contributed by atoms with van der Waals surface area (Å²) in [6.45, 7) is 3.91. The third-order valence-corrected chi connectivity index (χ3v) is 4.64. The molecule has 10 heteroatoms. The van der Waals surface area contributed by atoms with Gasteiger partial charge in [0.1, 0.15) is 12.7 Å². The molecular formula is C17H30IN9. The number of hydrogen-bond donors (Lipinski definition) is 2. The molecule has 0 aliphatic carbocycles. The van der Waals surface area contributed by atoms with Crippen molar-refractivity contribution in [1.29, 1.82) is 0 Å². The highest BCUT2D eigenvalue weighted by Crippen LogP contribution is 2.18. The van der Waals surface area contributed by atoms with Gasteiger partial charge in [-0.2, -0.15) is 5.10 Å².